The molecule has 3 fully saturated rings. The maximum Gasteiger partial charge on any atom is 0.111 e. The van der Waals surface area contributed by atoms with Crippen LogP contribution in [0.5, 0.6) is 0 Å². The molecule has 0 amide bonds. The van der Waals surface area contributed by atoms with Gasteiger partial charge in [0.2, 0.25) is 0 Å². The highest BCUT2D eigenvalue weighted by Gasteiger charge is 2.59. The van der Waals surface area contributed by atoms with Crippen molar-refractivity contribution >= 4 is 0 Å². The first kappa shape index (κ1) is 15.4. The van der Waals surface area contributed by atoms with Crippen molar-refractivity contribution in [1.29, 1.82) is 0 Å². The van der Waals surface area contributed by atoms with Crippen LogP contribution in [0.1, 0.15) is 76.1 Å². The highest BCUT2D eigenvalue weighted by molar-refractivity contribution is 5.25. The van der Waals surface area contributed by atoms with E-state index in [0.717, 1.165) is 29.9 Å². The largest absolute Gasteiger partial charge is 0.301 e. The number of rotatable bonds is 0. The fourth-order valence-electron chi connectivity index (χ4n) is 7.41. The molecule has 0 N–H and O–H groups in total. The van der Waals surface area contributed by atoms with Crippen LogP contribution < -0.4 is 0 Å². The minimum atomic E-state index is 0.409. The molecular formula is C20H31N3O. The fraction of sp³-hybridized carbons (Fsp3) is 0.900. The summed E-state index contributed by atoms with van der Waals surface area (Å²) in [4.78, 5) is 2.69. The van der Waals surface area contributed by atoms with Crippen molar-refractivity contribution in [2.75, 3.05) is 13.6 Å². The molecule has 0 spiro atoms. The van der Waals surface area contributed by atoms with E-state index in [2.05, 4.69) is 36.1 Å². The monoisotopic (exact) mass is 329 g/mol. The summed E-state index contributed by atoms with van der Waals surface area (Å²) >= 11 is 0. The molecule has 2 heterocycles. The molecule has 1 aromatic rings. The second-order valence-electron chi connectivity index (χ2n) is 9.57. The standard InChI is InChI=1S/C20H31N3O/c1-19-10-9-17-18(22-24-21-17)16(19)7-6-13-14(19)8-11-20(2)15(13)5-4-12-23(20)3/h13-16H,4-12H2,1-3H3/t13-,14?,15?,16?,19-,20+/m1/s1. The molecule has 0 bridgehead atoms. The second kappa shape index (κ2) is 5.06. The minimum Gasteiger partial charge on any atom is -0.301 e. The van der Waals surface area contributed by atoms with Gasteiger partial charge in [0.25, 0.3) is 0 Å². The zero-order chi connectivity index (χ0) is 16.5. The molecule has 1 aromatic heterocycles. The smallest absolute Gasteiger partial charge is 0.111 e. The molecule has 24 heavy (non-hydrogen) atoms. The normalized spacial score (nSPS) is 48.1. The van der Waals surface area contributed by atoms with E-state index in [0.29, 0.717) is 16.9 Å². The van der Waals surface area contributed by atoms with Gasteiger partial charge in [0, 0.05) is 11.5 Å². The number of piperidine rings is 1. The van der Waals surface area contributed by atoms with Gasteiger partial charge in [-0.25, -0.2) is 4.63 Å². The third kappa shape index (κ3) is 1.84. The molecule has 2 saturated carbocycles. The number of aryl methyl sites for hydroxylation is 1. The number of fused-ring (bicyclic) bond motifs is 7. The first-order valence-electron chi connectivity index (χ1n) is 10.1. The Balaban J connectivity index is 1.50. The lowest BCUT2D eigenvalue weighted by atomic mass is 9.45. The fourth-order valence-corrected chi connectivity index (χ4v) is 7.41. The molecule has 0 radical (unpaired) electrons. The molecule has 5 rings (SSSR count). The Morgan fingerprint density at radius 3 is 2.79 bits per heavy atom. The summed E-state index contributed by atoms with van der Waals surface area (Å²) in [5, 5.41) is 8.51. The Kier molecular flexibility index (Phi) is 3.24. The van der Waals surface area contributed by atoms with E-state index in [1.807, 2.05) is 0 Å². The van der Waals surface area contributed by atoms with Crippen molar-refractivity contribution < 1.29 is 4.63 Å². The maximum absolute atomic E-state index is 5.11. The lowest BCUT2D eigenvalue weighted by molar-refractivity contribution is -0.117. The van der Waals surface area contributed by atoms with Gasteiger partial charge in [-0.05, 0) is 95.1 Å². The number of aromatic nitrogens is 2. The number of hydrogen-bond donors (Lipinski definition) is 0. The highest BCUT2D eigenvalue weighted by atomic mass is 16.6. The van der Waals surface area contributed by atoms with Crippen LogP contribution in [-0.2, 0) is 6.42 Å². The van der Waals surface area contributed by atoms with Gasteiger partial charge in [0.05, 0.1) is 0 Å². The van der Waals surface area contributed by atoms with Gasteiger partial charge in [0.1, 0.15) is 11.4 Å². The van der Waals surface area contributed by atoms with E-state index in [1.165, 1.54) is 57.2 Å². The van der Waals surface area contributed by atoms with Crippen LogP contribution in [0.25, 0.3) is 0 Å². The van der Waals surface area contributed by atoms with Crippen LogP contribution in [0.4, 0.5) is 0 Å². The van der Waals surface area contributed by atoms with Crippen LogP contribution in [0.15, 0.2) is 4.63 Å². The molecule has 1 aliphatic heterocycles. The average Bonchev–Trinajstić information content (AvgIpc) is 3.04. The van der Waals surface area contributed by atoms with Crippen LogP contribution in [0.2, 0.25) is 0 Å². The average molecular weight is 329 g/mol. The molecule has 3 aliphatic carbocycles. The summed E-state index contributed by atoms with van der Waals surface area (Å²) in [5.41, 5.74) is 3.20. The molecule has 3 unspecified atom stereocenters. The Morgan fingerprint density at radius 2 is 1.92 bits per heavy atom. The predicted molar refractivity (Wildman–Crippen MR) is 92.7 cm³/mol. The quantitative estimate of drug-likeness (QED) is 0.721. The Labute approximate surface area is 145 Å². The Morgan fingerprint density at radius 1 is 1.04 bits per heavy atom. The van der Waals surface area contributed by atoms with Gasteiger partial charge < -0.3 is 4.90 Å². The Hall–Kier alpha value is -0.900. The Bertz CT molecular complexity index is 643. The van der Waals surface area contributed by atoms with Gasteiger partial charge in [-0.1, -0.05) is 17.2 Å². The zero-order valence-corrected chi connectivity index (χ0v) is 15.4. The van der Waals surface area contributed by atoms with E-state index in [4.69, 9.17) is 4.63 Å². The van der Waals surface area contributed by atoms with Crippen LogP contribution in [-0.4, -0.2) is 34.3 Å². The van der Waals surface area contributed by atoms with E-state index in [1.54, 1.807) is 0 Å². The van der Waals surface area contributed by atoms with Crippen LogP contribution >= 0.6 is 0 Å². The second-order valence-corrected chi connectivity index (χ2v) is 9.57. The van der Waals surface area contributed by atoms with E-state index in [-0.39, 0.29) is 0 Å². The van der Waals surface area contributed by atoms with Gasteiger partial charge in [0.15, 0.2) is 0 Å². The van der Waals surface area contributed by atoms with Crippen molar-refractivity contribution in [2.24, 2.45) is 23.2 Å². The summed E-state index contributed by atoms with van der Waals surface area (Å²) in [6.45, 7) is 6.42. The third-order valence-corrected chi connectivity index (χ3v) is 8.92. The highest BCUT2D eigenvalue weighted by Crippen LogP contribution is 2.64. The van der Waals surface area contributed by atoms with E-state index < -0.39 is 0 Å². The predicted octanol–water partition coefficient (Wildman–Crippen LogP) is 4.03. The molecule has 0 aromatic carbocycles. The van der Waals surface area contributed by atoms with Crippen molar-refractivity contribution in [2.45, 2.75) is 76.7 Å². The summed E-state index contributed by atoms with van der Waals surface area (Å²) in [5.74, 6) is 3.25. The number of nitrogens with zero attached hydrogens (tertiary/aromatic N) is 3. The van der Waals surface area contributed by atoms with E-state index in [9.17, 15) is 0 Å². The molecular weight excluding hydrogens is 298 g/mol. The molecule has 4 aliphatic rings. The first-order valence-corrected chi connectivity index (χ1v) is 10.1. The maximum atomic E-state index is 5.11. The topological polar surface area (TPSA) is 42.2 Å². The molecule has 4 heteroatoms. The lowest BCUT2D eigenvalue weighted by Crippen LogP contribution is -2.62. The molecule has 132 valence electrons. The van der Waals surface area contributed by atoms with Gasteiger partial charge in [-0.15, -0.1) is 0 Å². The first-order chi connectivity index (χ1) is 11.5. The minimum absolute atomic E-state index is 0.409. The molecule has 4 nitrogen and oxygen atoms in total. The zero-order valence-electron chi connectivity index (χ0n) is 15.4. The van der Waals surface area contributed by atoms with Crippen LogP contribution in [0.3, 0.4) is 0 Å². The van der Waals surface area contributed by atoms with Gasteiger partial charge in [-0.3, -0.25) is 0 Å². The summed E-state index contributed by atoms with van der Waals surface area (Å²) in [6, 6.07) is 0. The van der Waals surface area contributed by atoms with Gasteiger partial charge in [-0.2, -0.15) is 0 Å². The van der Waals surface area contributed by atoms with Crippen molar-refractivity contribution in [3.63, 3.8) is 0 Å². The van der Waals surface area contributed by atoms with Gasteiger partial charge >= 0.3 is 0 Å². The van der Waals surface area contributed by atoms with E-state index >= 15 is 0 Å². The summed E-state index contributed by atoms with van der Waals surface area (Å²) < 4.78 is 5.11. The number of hydrogen-bond acceptors (Lipinski definition) is 4. The number of likely N-dealkylation sites (tertiary alicyclic amines) is 1. The summed E-state index contributed by atoms with van der Waals surface area (Å²) in [6.07, 6.45) is 10.6. The van der Waals surface area contributed by atoms with Crippen molar-refractivity contribution in [3.8, 4) is 0 Å². The molecule has 6 atom stereocenters. The van der Waals surface area contributed by atoms with Crippen molar-refractivity contribution in [3.05, 3.63) is 11.4 Å². The molecule has 1 saturated heterocycles. The van der Waals surface area contributed by atoms with Crippen LogP contribution in [0, 0.1) is 23.2 Å². The summed E-state index contributed by atoms with van der Waals surface area (Å²) in [7, 11) is 2.37. The lowest BCUT2D eigenvalue weighted by Gasteiger charge is -2.63. The van der Waals surface area contributed by atoms with Crippen molar-refractivity contribution in [1.82, 2.24) is 15.2 Å². The third-order valence-electron chi connectivity index (χ3n) is 8.92. The SMILES string of the molecule is CN1CCCC2[C@@H]3CCC4c5nonc5CC[C@]4(C)C3CC[C@@]21C.